The molecule has 0 aromatic carbocycles. The lowest BCUT2D eigenvalue weighted by Crippen LogP contribution is -2.19. The maximum Gasteiger partial charge on any atom is 0.267 e. The van der Waals surface area contributed by atoms with Crippen molar-refractivity contribution in [2.24, 2.45) is 0 Å². The minimum absolute atomic E-state index is 0.173. The summed E-state index contributed by atoms with van der Waals surface area (Å²) in [6.07, 6.45) is 3.25. The number of hydrogen-bond acceptors (Lipinski definition) is 4. The Hall–Kier alpha value is -1.01. The van der Waals surface area contributed by atoms with Gasteiger partial charge in [0.1, 0.15) is 0 Å². The van der Waals surface area contributed by atoms with Crippen molar-refractivity contribution in [2.75, 3.05) is 0 Å². The minimum atomic E-state index is -3.98. The molecule has 1 aromatic rings. The summed E-state index contributed by atoms with van der Waals surface area (Å²) < 4.78 is 30.1. The van der Waals surface area contributed by atoms with E-state index < -0.39 is 15.4 Å². The van der Waals surface area contributed by atoms with Gasteiger partial charge in [-0.3, -0.25) is 14.5 Å². The first-order valence-corrected chi connectivity index (χ1v) is 5.63. The Bertz CT molecular complexity index is 399. The zero-order valence-electron chi connectivity index (χ0n) is 8.01. The molecule has 0 aliphatic rings. The van der Waals surface area contributed by atoms with E-state index in [1.165, 1.54) is 13.1 Å². The molecule has 1 atom stereocenters. The number of hydrogen-bond donors (Lipinski definition) is 1. The summed E-state index contributed by atoms with van der Waals surface area (Å²) in [6.45, 7) is 3.22. The van der Waals surface area contributed by atoms with Gasteiger partial charge in [0.25, 0.3) is 10.1 Å². The van der Waals surface area contributed by atoms with Crippen LogP contribution in [0.15, 0.2) is 12.4 Å². The summed E-state index contributed by atoms with van der Waals surface area (Å²) in [5.74, 6) is 0. The molecule has 0 spiro atoms. The van der Waals surface area contributed by atoms with Gasteiger partial charge >= 0.3 is 0 Å². The Morgan fingerprint density at radius 3 is 2.50 bits per heavy atom. The van der Waals surface area contributed by atoms with E-state index in [1.54, 1.807) is 13.1 Å². The van der Waals surface area contributed by atoms with Gasteiger partial charge in [0.15, 0.2) is 0 Å². The fraction of sp³-hybridized carbons (Fsp3) is 0.500. The van der Waals surface area contributed by atoms with Crippen molar-refractivity contribution in [3.8, 4) is 0 Å². The molecule has 0 radical (unpaired) electrons. The Labute approximate surface area is 83.0 Å². The first kappa shape index (κ1) is 11.1. The standard InChI is InChI=1S/C8H12N2O3S/c1-6-4-10-8(5-9-6)3-7(2)14(11,12)13/h4-5,7H,3H2,1-2H3,(H,11,12,13)/t7-/m0/s1. The van der Waals surface area contributed by atoms with Gasteiger partial charge in [-0.15, -0.1) is 0 Å². The van der Waals surface area contributed by atoms with Crippen LogP contribution in [-0.2, 0) is 16.5 Å². The molecule has 0 unspecified atom stereocenters. The normalized spacial score (nSPS) is 13.9. The maximum atomic E-state index is 10.7. The van der Waals surface area contributed by atoms with Gasteiger partial charge in [0.2, 0.25) is 0 Å². The molecular formula is C8H12N2O3S. The van der Waals surface area contributed by atoms with Gasteiger partial charge in [-0.2, -0.15) is 8.42 Å². The van der Waals surface area contributed by atoms with Crippen molar-refractivity contribution in [2.45, 2.75) is 25.5 Å². The van der Waals surface area contributed by atoms with E-state index >= 15 is 0 Å². The van der Waals surface area contributed by atoms with Gasteiger partial charge in [-0.25, -0.2) is 0 Å². The minimum Gasteiger partial charge on any atom is -0.285 e. The monoisotopic (exact) mass is 216 g/mol. The molecule has 0 aliphatic carbocycles. The number of aromatic nitrogens is 2. The zero-order valence-corrected chi connectivity index (χ0v) is 8.82. The van der Waals surface area contributed by atoms with Crippen molar-refractivity contribution in [3.05, 3.63) is 23.8 Å². The molecule has 1 rings (SSSR count). The van der Waals surface area contributed by atoms with Crippen LogP contribution in [0.3, 0.4) is 0 Å². The second kappa shape index (κ2) is 4.02. The lowest BCUT2D eigenvalue weighted by Gasteiger charge is -2.06. The molecule has 1 aromatic heterocycles. The first-order chi connectivity index (χ1) is 6.39. The van der Waals surface area contributed by atoms with Crippen LogP contribution in [0.5, 0.6) is 0 Å². The third-order valence-electron chi connectivity index (χ3n) is 1.84. The van der Waals surface area contributed by atoms with Crippen molar-refractivity contribution in [3.63, 3.8) is 0 Å². The third-order valence-corrected chi connectivity index (χ3v) is 3.02. The van der Waals surface area contributed by atoms with Crippen molar-refractivity contribution >= 4 is 10.1 Å². The Morgan fingerprint density at radius 1 is 1.43 bits per heavy atom. The number of rotatable bonds is 3. The summed E-state index contributed by atoms with van der Waals surface area (Å²) in [6, 6.07) is 0. The fourth-order valence-electron chi connectivity index (χ4n) is 0.925. The lowest BCUT2D eigenvalue weighted by atomic mass is 10.2. The van der Waals surface area contributed by atoms with Crippen LogP contribution in [0.4, 0.5) is 0 Å². The van der Waals surface area contributed by atoms with E-state index in [0.29, 0.717) is 5.69 Å². The summed E-state index contributed by atoms with van der Waals surface area (Å²) in [5, 5.41) is -0.848. The molecule has 6 heteroatoms. The molecular weight excluding hydrogens is 204 g/mol. The highest BCUT2D eigenvalue weighted by molar-refractivity contribution is 7.86. The van der Waals surface area contributed by atoms with Crippen LogP contribution in [0, 0.1) is 6.92 Å². The second-order valence-corrected chi connectivity index (χ2v) is 5.01. The topological polar surface area (TPSA) is 80.2 Å². The molecule has 14 heavy (non-hydrogen) atoms. The van der Waals surface area contributed by atoms with E-state index in [0.717, 1.165) is 5.69 Å². The van der Waals surface area contributed by atoms with Crippen LogP contribution in [0.1, 0.15) is 18.3 Å². The SMILES string of the molecule is Cc1cnc(C[C@H](C)S(=O)(=O)O)cn1. The van der Waals surface area contributed by atoms with Crippen LogP contribution >= 0.6 is 0 Å². The summed E-state index contributed by atoms with van der Waals surface area (Å²) in [5.41, 5.74) is 1.33. The first-order valence-electron chi connectivity index (χ1n) is 4.13. The smallest absolute Gasteiger partial charge is 0.267 e. The average Bonchev–Trinajstić information content (AvgIpc) is 2.07. The van der Waals surface area contributed by atoms with E-state index in [-0.39, 0.29) is 6.42 Å². The van der Waals surface area contributed by atoms with E-state index in [1.807, 2.05) is 0 Å². The molecule has 78 valence electrons. The average molecular weight is 216 g/mol. The van der Waals surface area contributed by atoms with Gasteiger partial charge < -0.3 is 0 Å². The molecule has 0 saturated heterocycles. The fourth-order valence-corrected chi connectivity index (χ4v) is 1.31. The third kappa shape index (κ3) is 3.04. The number of aryl methyl sites for hydroxylation is 1. The molecule has 0 saturated carbocycles. The van der Waals surface area contributed by atoms with Crippen LogP contribution in [0.2, 0.25) is 0 Å². The zero-order chi connectivity index (χ0) is 10.8. The van der Waals surface area contributed by atoms with E-state index in [9.17, 15) is 8.42 Å². The quantitative estimate of drug-likeness (QED) is 0.748. The largest absolute Gasteiger partial charge is 0.285 e. The molecule has 1 N–H and O–H groups in total. The van der Waals surface area contributed by atoms with Crippen LogP contribution in [0.25, 0.3) is 0 Å². The number of nitrogens with zero attached hydrogens (tertiary/aromatic N) is 2. The molecule has 5 nitrogen and oxygen atoms in total. The van der Waals surface area contributed by atoms with Crippen LogP contribution in [-0.4, -0.2) is 28.2 Å². The molecule has 0 fully saturated rings. The molecule has 1 heterocycles. The molecule has 0 bridgehead atoms. The summed E-state index contributed by atoms with van der Waals surface area (Å²) in [7, 11) is -3.98. The second-order valence-electron chi connectivity index (χ2n) is 3.18. The van der Waals surface area contributed by atoms with Gasteiger partial charge in [0, 0.05) is 18.8 Å². The van der Waals surface area contributed by atoms with E-state index in [2.05, 4.69) is 9.97 Å². The van der Waals surface area contributed by atoms with Gasteiger partial charge in [-0.1, -0.05) is 0 Å². The van der Waals surface area contributed by atoms with E-state index in [4.69, 9.17) is 4.55 Å². The molecule has 0 amide bonds. The Kier molecular flexibility index (Phi) is 3.17. The Morgan fingerprint density at radius 2 is 2.07 bits per heavy atom. The van der Waals surface area contributed by atoms with Crippen LogP contribution < -0.4 is 0 Å². The van der Waals surface area contributed by atoms with Crippen molar-refractivity contribution < 1.29 is 13.0 Å². The van der Waals surface area contributed by atoms with Gasteiger partial charge in [0.05, 0.1) is 16.6 Å². The highest BCUT2D eigenvalue weighted by atomic mass is 32.2. The highest BCUT2D eigenvalue weighted by Gasteiger charge is 2.18. The summed E-state index contributed by atoms with van der Waals surface area (Å²) >= 11 is 0. The lowest BCUT2D eigenvalue weighted by molar-refractivity contribution is 0.469. The maximum absolute atomic E-state index is 10.7. The predicted molar refractivity (Wildman–Crippen MR) is 51.5 cm³/mol. The Balaban J connectivity index is 2.75. The molecule has 0 aliphatic heterocycles. The van der Waals surface area contributed by atoms with Crippen molar-refractivity contribution in [1.29, 1.82) is 0 Å². The van der Waals surface area contributed by atoms with Crippen molar-refractivity contribution in [1.82, 2.24) is 9.97 Å². The highest BCUT2D eigenvalue weighted by Crippen LogP contribution is 2.05. The predicted octanol–water partition coefficient (Wildman–Crippen LogP) is 0.604. The van der Waals surface area contributed by atoms with Gasteiger partial charge in [-0.05, 0) is 13.8 Å². The summed E-state index contributed by atoms with van der Waals surface area (Å²) in [4.78, 5) is 7.97.